The van der Waals surface area contributed by atoms with Gasteiger partial charge in [0.15, 0.2) is 0 Å². The number of aliphatic carboxylic acids is 2. The van der Waals surface area contributed by atoms with Crippen LogP contribution in [-0.2, 0) is 16.1 Å². The van der Waals surface area contributed by atoms with Gasteiger partial charge in [0, 0.05) is 38.6 Å². The molecule has 1 aromatic rings. The highest BCUT2D eigenvalue weighted by atomic mass is 16.4. The molecular formula is C11H17N3O4. The standard InChI is InChI=1S/C11H17N3O4/c15-10(16)1-4-13(5-2-11(17)18)7-8-14-6-3-12-9-14/h3,6,9H,1-2,4-5,7-8H2,(H,15,16)(H,17,18)/i9T. The lowest BCUT2D eigenvalue weighted by Crippen LogP contribution is -2.31. The van der Waals surface area contributed by atoms with Crippen molar-refractivity contribution in [2.75, 3.05) is 19.6 Å². The molecule has 0 fully saturated rings. The summed E-state index contributed by atoms with van der Waals surface area (Å²) in [5, 5.41) is 17.3. The molecule has 18 heavy (non-hydrogen) atoms. The molecule has 0 radical (unpaired) electrons. The minimum Gasteiger partial charge on any atom is -0.481 e. The zero-order valence-electron chi connectivity index (χ0n) is 10.9. The average molecular weight is 257 g/mol. The van der Waals surface area contributed by atoms with Crippen LogP contribution in [0.3, 0.4) is 0 Å². The van der Waals surface area contributed by atoms with Gasteiger partial charge >= 0.3 is 11.9 Å². The lowest BCUT2D eigenvalue weighted by atomic mass is 10.3. The van der Waals surface area contributed by atoms with Gasteiger partial charge in [-0.2, -0.15) is 0 Å². The Kier molecular flexibility index (Phi) is 5.19. The number of carboxylic acid groups (broad SMARTS) is 2. The Morgan fingerprint density at radius 3 is 2.28 bits per heavy atom. The first-order valence-electron chi connectivity index (χ1n) is 6.12. The van der Waals surface area contributed by atoms with E-state index < -0.39 is 11.9 Å². The number of rotatable bonds is 9. The van der Waals surface area contributed by atoms with Gasteiger partial charge in [0.1, 0.15) is 1.37 Å². The van der Waals surface area contributed by atoms with Crippen molar-refractivity contribution in [3.05, 3.63) is 18.7 Å². The number of carbonyl (C=O) groups is 2. The van der Waals surface area contributed by atoms with Gasteiger partial charge in [-0.05, 0) is 0 Å². The van der Waals surface area contributed by atoms with Crippen molar-refractivity contribution < 1.29 is 21.2 Å². The van der Waals surface area contributed by atoms with Crippen LogP contribution in [0, 0.1) is 0 Å². The molecule has 0 saturated carbocycles. The van der Waals surface area contributed by atoms with E-state index in [4.69, 9.17) is 11.6 Å². The molecule has 0 aliphatic heterocycles. The van der Waals surface area contributed by atoms with Crippen LogP contribution in [0.25, 0.3) is 0 Å². The van der Waals surface area contributed by atoms with E-state index in [1.165, 1.54) is 6.20 Å². The van der Waals surface area contributed by atoms with E-state index in [0.29, 0.717) is 26.2 Å². The molecular weight excluding hydrogens is 238 g/mol. The van der Waals surface area contributed by atoms with Crippen molar-refractivity contribution in [2.45, 2.75) is 19.4 Å². The lowest BCUT2D eigenvalue weighted by Gasteiger charge is -2.20. The van der Waals surface area contributed by atoms with Crippen molar-refractivity contribution in [1.82, 2.24) is 14.5 Å². The molecule has 100 valence electrons. The van der Waals surface area contributed by atoms with Crippen LogP contribution in [0.1, 0.15) is 14.2 Å². The molecule has 7 heteroatoms. The summed E-state index contributed by atoms with van der Waals surface area (Å²) >= 11 is 0. The Bertz CT molecular complexity index is 417. The van der Waals surface area contributed by atoms with Crippen LogP contribution in [0.4, 0.5) is 0 Å². The highest BCUT2D eigenvalue weighted by molar-refractivity contribution is 5.67. The van der Waals surface area contributed by atoms with Crippen molar-refractivity contribution in [3.63, 3.8) is 0 Å². The second-order valence-corrected chi connectivity index (χ2v) is 3.85. The second-order valence-electron chi connectivity index (χ2n) is 3.85. The summed E-state index contributed by atoms with van der Waals surface area (Å²) in [6.07, 6.45) is 3.25. The van der Waals surface area contributed by atoms with Crippen LogP contribution in [-0.4, -0.2) is 56.2 Å². The molecule has 1 rings (SSSR count). The summed E-state index contributed by atoms with van der Waals surface area (Å²) in [6, 6.07) is 0. The SMILES string of the molecule is [3H]c1nccn1CCN(CCC(=O)O)CCC(=O)O. The topological polar surface area (TPSA) is 95.7 Å². The Labute approximate surface area is 106 Å². The van der Waals surface area contributed by atoms with E-state index in [0.717, 1.165) is 0 Å². The van der Waals surface area contributed by atoms with Gasteiger partial charge in [0.2, 0.25) is 0 Å². The van der Waals surface area contributed by atoms with Crippen molar-refractivity contribution in [2.24, 2.45) is 0 Å². The van der Waals surface area contributed by atoms with Crippen molar-refractivity contribution in [3.8, 4) is 0 Å². The zero-order valence-corrected chi connectivity index (χ0v) is 9.95. The zero-order chi connectivity index (χ0) is 14.3. The summed E-state index contributed by atoms with van der Waals surface area (Å²) in [7, 11) is 0. The van der Waals surface area contributed by atoms with Gasteiger partial charge in [0.05, 0.1) is 19.1 Å². The fourth-order valence-corrected chi connectivity index (χ4v) is 1.47. The van der Waals surface area contributed by atoms with Crippen LogP contribution in [0.5, 0.6) is 0 Å². The third-order valence-corrected chi connectivity index (χ3v) is 2.45. The largest absolute Gasteiger partial charge is 0.481 e. The molecule has 2 N–H and O–H groups in total. The molecule has 7 nitrogen and oxygen atoms in total. The molecule has 0 unspecified atom stereocenters. The molecule has 0 atom stereocenters. The van der Waals surface area contributed by atoms with Gasteiger partial charge in [-0.1, -0.05) is 0 Å². The van der Waals surface area contributed by atoms with E-state index in [2.05, 4.69) is 4.98 Å². The van der Waals surface area contributed by atoms with E-state index in [1.807, 2.05) is 0 Å². The Balaban J connectivity index is 2.45. The normalized spacial score (nSPS) is 11.5. The molecule has 1 aromatic heterocycles. The first-order valence-corrected chi connectivity index (χ1v) is 5.62. The number of hydrogen-bond donors (Lipinski definition) is 2. The second kappa shape index (κ2) is 7.44. The van der Waals surface area contributed by atoms with Crippen molar-refractivity contribution in [1.29, 1.82) is 0 Å². The first kappa shape index (κ1) is 12.6. The summed E-state index contributed by atoms with van der Waals surface area (Å²) < 4.78 is 9.10. The molecule has 0 aliphatic rings. The third kappa shape index (κ3) is 6.00. The Morgan fingerprint density at radius 1 is 1.22 bits per heavy atom. The quantitative estimate of drug-likeness (QED) is 0.653. The van der Waals surface area contributed by atoms with E-state index >= 15 is 0 Å². The van der Waals surface area contributed by atoms with Gasteiger partial charge in [-0.25, -0.2) is 4.98 Å². The summed E-state index contributed by atoms with van der Waals surface area (Å²) in [6.45, 7) is 1.57. The Hall–Kier alpha value is -1.89. The predicted octanol–water partition coefficient (Wildman–Crippen LogP) is 0.134. The van der Waals surface area contributed by atoms with Crippen LogP contribution >= 0.6 is 0 Å². The molecule has 0 aromatic carbocycles. The summed E-state index contributed by atoms with van der Waals surface area (Å²) in [4.78, 5) is 26.6. The highest BCUT2D eigenvalue weighted by Gasteiger charge is 2.09. The van der Waals surface area contributed by atoms with Crippen molar-refractivity contribution >= 4 is 11.9 Å². The highest BCUT2D eigenvalue weighted by Crippen LogP contribution is 1.97. The number of carboxylic acids is 2. The number of nitrogens with zero attached hydrogens (tertiary/aromatic N) is 3. The molecule has 0 saturated heterocycles. The van der Waals surface area contributed by atoms with Crippen LogP contribution in [0.2, 0.25) is 0 Å². The molecule has 0 spiro atoms. The maximum absolute atomic E-state index is 10.5. The third-order valence-electron chi connectivity index (χ3n) is 2.45. The molecule has 0 amide bonds. The van der Waals surface area contributed by atoms with E-state index in [-0.39, 0.29) is 19.1 Å². The van der Waals surface area contributed by atoms with Gasteiger partial charge < -0.3 is 19.7 Å². The minimum absolute atomic E-state index is 0.0305. The fourth-order valence-electron chi connectivity index (χ4n) is 1.47. The number of hydrogen-bond acceptors (Lipinski definition) is 4. The van der Waals surface area contributed by atoms with E-state index in [1.54, 1.807) is 15.7 Å². The summed E-state index contributed by atoms with van der Waals surface area (Å²) in [5.74, 6) is -1.83. The predicted molar refractivity (Wildman–Crippen MR) is 63.2 cm³/mol. The first-order chi connectivity index (χ1) is 8.99. The van der Waals surface area contributed by atoms with Crippen LogP contribution < -0.4 is 0 Å². The van der Waals surface area contributed by atoms with Gasteiger partial charge in [0.25, 0.3) is 0 Å². The van der Waals surface area contributed by atoms with Gasteiger partial charge in [-0.15, -0.1) is 0 Å². The minimum atomic E-state index is -0.913. The molecule has 0 bridgehead atoms. The molecule has 1 heterocycles. The maximum Gasteiger partial charge on any atom is 0.304 e. The smallest absolute Gasteiger partial charge is 0.304 e. The van der Waals surface area contributed by atoms with Crippen LogP contribution in [0.15, 0.2) is 18.7 Å². The monoisotopic (exact) mass is 257 g/mol. The lowest BCUT2D eigenvalue weighted by molar-refractivity contribution is -0.137. The van der Waals surface area contributed by atoms with E-state index in [9.17, 15) is 9.59 Å². The molecule has 0 aliphatic carbocycles. The van der Waals surface area contributed by atoms with Gasteiger partial charge in [-0.3, -0.25) is 9.59 Å². The number of aromatic nitrogens is 2. The number of imidazole rings is 1. The maximum atomic E-state index is 10.5. The fraction of sp³-hybridized carbons (Fsp3) is 0.545. The summed E-state index contributed by atoms with van der Waals surface area (Å²) in [5.41, 5.74) is 0. The Morgan fingerprint density at radius 2 is 1.83 bits per heavy atom. The average Bonchev–Trinajstić information content (AvgIpc) is 2.73.